The number of hydrogen-bond donors (Lipinski definition) is 3. The highest BCUT2D eigenvalue weighted by atomic mass is 16.2. The van der Waals surface area contributed by atoms with Gasteiger partial charge in [0.2, 0.25) is 5.95 Å². The summed E-state index contributed by atoms with van der Waals surface area (Å²) in [6.45, 7) is 4.03. The molecule has 0 saturated carbocycles. The van der Waals surface area contributed by atoms with E-state index in [1.54, 1.807) is 12.1 Å². The second kappa shape index (κ2) is 7.40. The molecule has 140 valence electrons. The molecule has 1 amide bonds. The van der Waals surface area contributed by atoms with E-state index in [9.17, 15) is 9.59 Å². The summed E-state index contributed by atoms with van der Waals surface area (Å²) in [5.74, 6) is 0.713. The van der Waals surface area contributed by atoms with Crippen molar-refractivity contribution in [3.05, 3.63) is 57.4 Å². The molecular formula is C18H21N7O2. The molecule has 27 heavy (non-hydrogen) atoms. The third kappa shape index (κ3) is 4.02. The van der Waals surface area contributed by atoms with Crippen LogP contribution >= 0.6 is 0 Å². The van der Waals surface area contributed by atoms with Gasteiger partial charge in [0.15, 0.2) is 0 Å². The summed E-state index contributed by atoms with van der Waals surface area (Å²) in [5, 5.41) is 8.75. The smallest absolute Gasteiger partial charge is 0.340 e. The van der Waals surface area contributed by atoms with Crippen molar-refractivity contribution in [3.63, 3.8) is 0 Å². The van der Waals surface area contributed by atoms with Gasteiger partial charge in [-0.2, -0.15) is 5.10 Å². The van der Waals surface area contributed by atoms with Gasteiger partial charge in [-0.15, -0.1) is 0 Å². The van der Waals surface area contributed by atoms with E-state index in [0.29, 0.717) is 17.3 Å². The largest absolute Gasteiger partial charge is 0.347 e. The number of H-pyrrole nitrogens is 2. The highest BCUT2D eigenvalue weighted by molar-refractivity contribution is 5.95. The van der Waals surface area contributed by atoms with Crippen LogP contribution in [0.4, 0.5) is 5.95 Å². The summed E-state index contributed by atoms with van der Waals surface area (Å²) in [6, 6.07) is 7.24. The van der Waals surface area contributed by atoms with Crippen LogP contribution in [0.25, 0.3) is 11.3 Å². The van der Waals surface area contributed by atoms with Crippen LogP contribution in [0.1, 0.15) is 27.4 Å². The number of aromatic nitrogens is 5. The van der Waals surface area contributed by atoms with Crippen molar-refractivity contribution in [2.24, 2.45) is 0 Å². The molecule has 0 bridgehead atoms. The molecule has 0 fully saturated rings. The number of aromatic amines is 2. The number of benzene rings is 1. The molecule has 0 unspecified atom stereocenters. The summed E-state index contributed by atoms with van der Waals surface area (Å²) in [7, 11) is 3.77. The first-order chi connectivity index (χ1) is 12.8. The molecule has 0 saturated heterocycles. The molecule has 3 rings (SSSR count). The summed E-state index contributed by atoms with van der Waals surface area (Å²) >= 11 is 0. The summed E-state index contributed by atoms with van der Waals surface area (Å²) in [5.41, 5.74) is 3.56. The van der Waals surface area contributed by atoms with E-state index in [4.69, 9.17) is 0 Å². The van der Waals surface area contributed by atoms with Crippen LogP contribution in [0.15, 0.2) is 29.1 Å². The Morgan fingerprint density at radius 2 is 2.00 bits per heavy atom. The molecule has 1 aromatic carbocycles. The lowest BCUT2D eigenvalue weighted by molar-refractivity contribution is 0.0950. The normalized spacial score (nSPS) is 10.7. The van der Waals surface area contributed by atoms with Crippen LogP contribution in [0, 0.1) is 13.8 Å². The summed E-state index contributed by atoms with van der Waals surface area (Å²) < 4.78 is 0. The van der Waals surface area contributed by atoms with Crippen LogP contribution in [-0.2, 0) is 6.54 Å². The van der Waals surface area contributed by atoms with Crippen molar-refractivity contribution in [2.45, 2.75) is 20.4 Å². The number of aryl methyl sites for hydroxylation is 1. The van der Waals surface area contributed by atoms with Gasteiger partial charge in [-0.25, -0.2) is 19.9 Å². The molecule has 0 atom stereocenters. The van der Waals surface area contributed by atoms with Gasteiger partial charge in [-0.05, 0) is 31.5 Å². The molecule has 0 aliphatic carbocycles. The molecule has 0 radical (unpaired) electrons. The lowest BCUT2D eigenvalue weighted by atomic mass is 10.0. The fourth-order valence-electron chi connectivity index (χ4n) is 2.56. The Hall–Kier alpha value is -3.49. The number of rotatable bonds is 5. The lowest BCUT2D eigenvalue weighted by Crippen LogP contribution is -2.23. The minimum atomic E-state index is -0.410. The average molecular weight is 367 g/mol. The Labute approximate surface area is 155 Å². The zero-order valence-electron chi connectivity index (χ0n) is 15.6. The monoisotopic (exact) mass is 367 g/mol. The Bertz CT molecular complexity index is 1040. The quantitative estimate of drug-likeness (QED) is 0.623. The van der Waals surface area contributed by atoms with E-state index >= 15 is 0 Å². The molecule has 9 nitrogen and oxygen atoms in total. The number of nitrogens with one attached hydrogen (secondary N) is 3. The van der Waals surface area contributed by atoms with Gasteiger partial charge in [-0.3, -0.25) is 9.78 Å². The first kappa shape index (κ1) is 18.3. The van der Waals surface area contributed by atoms with Crippen LogP contribution in [0.5, 0.6) is 0 Å². The van der Waals surface area contributed by atoms with E-state index in [2.05, 4.69) is 30.5 Å². The topological polar surface area (TPSA) is 120 Å². The van der Waals surface area contributed by atoms with Crippen LogP contribution < -0.4 is 15.9 Å². The third-order valence-corrected chi connectivity index (χ3v) is 4.14. The Balaban J connectivity index is 1.87. The molecule has 0 aliphatic rings. The molecule has 3 N–H and O–H groups in total. The molecular weight excluding hydrogens is 346 g/mol. The average Bonchev–Trinajstić information content (AvgIpc) is 3.07. The Kier molecular flexibility index (Phi) is 5.02. The molecule has 9 heteroatoms. The van der Waals surface area contributed by atoms with Crippen molar-refractivity contribution < 1.29 is 4.79 Å². The van der Waals surface area contributed by atoms with E-state index in [1.807, 2.05) is 45.0 Å². The number of carbonyl (C=O) groups is 1. The van der Waals surface area contributed by atoms with E-state index in [1.165, 1.54) is 0 Å². The van der Waals surface area contributed by atoms with Crippen molar-refractivity contribution in [1.29, 1.82) is 0 Å². The number of amides is 1. The van der Waals surface area contributed by atoms with Crippen molar-refractivity contribution in [2.75, 3.05) is 19.0 Å². The minimum Gasteiger partial charge on any atom is -0.347 e. The van der Waals surface area contributed by atoms with Crippen LogP contribution in [0.2, 0.25) is 0 Å². The maximum absolute atomic E-state index is 12.5. The highest BCUT2D eigenvalue weighted by Gasteiger charge is 2.14. The molecule has 2 heterocycles. The van der Waals surface area contributed by atoms with E-state index in [-0.39, 0.29) is 12.5 Å². The predicted molar refractivity (Wildman–Crippen MR) is 102 cm³/mol. The van der Waals surface area contributed by atoms with Crippen molar-refractivity contribution in [3.8, 4) is 11.3 Å². The maximum atomic E-state index is 12.5. The highest BCUT2D eigenvalue weighted by Crippen LogP contribution is 2.25. The van der Waals surface area contributed by atoms with Crippen LogP contribution in [-0.4, -0.2) is 45.2 Å². The second-order valence-electron chi connectivity index (χ2n) is 6.36. The predicted octanol–water partition coefficient (Wildman–Crippen LogP) is 1.17. The van der Waals surface area contributed by atoms with Crippen LogP contribution in [0.3, 0.4) is 0 Å². The van der Waals surface area contributed by atoms with Gasteiger partial charge in [-0.1, -0.05) is 12.1 Å². The molecule has 2 aromatic heterocycles. The van der Waals surface area contributed by atoms with Gasteiger partial charge in [0.25, 0.3) is 5.91 Å². The van der Waals surface area contributed by atoms with E-state index < -0.39 is 5.69 Å². The second-order valence-corrected chi connectivity index (χ2v) is 6.36. The van der Waals surface area contributed by atoms with Gasteiger partial charge in [0.05, 0.1) is 12.2 Å². The molecule has 0 spiro atoms. The minimum absolute atomic E-state index is 0.123. The lowest BCUT2D eigenvalue weighted by Gasteiger charge is -2.15. The fourth-order valence-corrected chi connectivity index (χ4v) is 2.56. The number of carbonyl (C=O) groups excluding carboxylic acids is 1. The summed E-state index contributed by atoms with van der Waals surface area (Å²) in [6.07, 6.45) is 0. The van der Waals surface area contributed by atoms with Gasteiger partial charge in [0.1, 0.15) is 5.82 Å². The Morgan fingerprint density at radius 1 is 1.22 bits per heavy atom. The maximum Gasteiger partial charge on any atom is 0.340 e. The van der Waals surface area contributed by atoms with Crippen molar-refractivity contribution in [1.82, 2.24) is 30.5 Å². The number of anilines is 1. The SMILES string of the molecule is Cc1nc(N(C)C)nc(-c2cccc(C(=O)NCc3n[nH]c(=O)[nH]3)c2)c1C. The van der Waals surface area contributed by atoms with Gasteiger partial charge >= 0.3 is 5.69 Å². The summed E-state index contributed by atoms with van der Waals surface area (Å²) in [4.78, 5) is 36.9. The molecule has 3 aromatic rings. The molecule has 0 aliphatic heterocycles. The van der Waals surface area contributed by atoms with Gasteiger partial charge < -0.3 is 10.2 Å². The van der Waals surface area contributed by atoms with Crippen molar-refractivity contribution >= 4 is 11.9 Å². The number of nitrogens with zero attached hydrogens (tertiary/aromatic N) is 4. The van der Waals surface area contributed by atoms with E-state index in [0.717, 1.165) is 22.5 Å². The third-order valence-electron chi connectivity index (χ3n) is 4.14. The number of hydrogen-bond acceptors (Lipinski definition) is 6. The Morgan fingerprint density at radius 3 is 2.67 bits per heavy atom. The zero-order chi connectivity index (χ0) is 19.6. The standard InChI is InChI=1S/C18H21N7O2/c1-10-11(2)20-17(25(3)4)22-15(10)12-6-5-7-13(8-12)16(26)19-9-14-21-18(27)24-23-14/h5-8H,9H2,1-4H3,(H,19,26)(H2,21,23,24,27). The first-order valence-electron chi connectivity index (χ1n) is 8.40. The fraction of sp³-hybridized carbons (Fsp3) is 0.278. The van der Waals surface area contributed by atoms with Gasteiger partial charge in [0, 0.05) is 30.9 Å². The zero-order valence-corrected chi connectivity index (χ0v) is 15.6. The first-order valence-corrected chi connectivity index (χ1v) is 8.40.